The predicted octanol–water partition coefficient (Wildman–Crippen LogP) is 3.59. The average molecular weight is 257 g/mol. The van der Waals surface area contributed by atoms with Gasteiger partial charge in [0.25, 0.3) is 0 Å². The molecule has 0 fully saturated rings. The number of aryl methyl sites for hydroxylation is 1. The molecule has 2 heterocycles. The van der Waals surface area contributed by atoms with Crippen molar-refractivity contribution >= 4 is 0 Å². The first-order valence-electron chi connectivity index (χ1n) is 6.63. The fourth-order valence-corrected chi connectivity index (χ4v) is 2.67. The number of benzene rings is 1. The lowest BCUT2D eigenvalue weighted by Crippen LogP contribution is -2.38. The topological polar surface area (TPSA) is 34.4 Å². The van der Waals surface area contributed by atoms with Gasteiger partial charge in [-0.25, -0.2) is 0 Å². The molecular formula is C16H19NO2. The van der Waals surface area contributed by atoms with Crippen molar-refractivity contribution in [1.82, 2.24) is 5.32 Å². The van der Waals surface area contributed by atoms with Crippen molar-refractivity contribution in [3.63, 3.8) is 0 Å². The number of rotatable bonds is 3. The van der Waals surface area contributed by atoms with Crippen LogP contribution in [-0.4, -0.2) is 5.60 Å². The zero-order valence-corrected chi connectivity index (χ0v) is 11.6. The van der Waals surface area contributed by atoms with Crippen molar-refractivity contribution in [2.75, 3.05) is 0 Å². The lowest BCUT2D eigenvalue weighted by molar-refractivity contribution is 0.0949. The van der Waals surface area contributed by atoms with E-state index in [-0.39, 0.29) is 11.6 Å². The van der Waals surface area contributed by atoms with Crippen LogP contribution in [-0.2, 0) is 6.54 Å². The van der Waals surface area contributed by atoms with Crippen LogP contribution >= 0.6 is 0 Å². The molecule has 1 aromatic heterocycles. The highest BCUT2D eigenvalue weighted by Crippen LogP contribution is 2.42. The maximum Gasteiger partial charge on any atom is 0.125 e. The number of hydrogen-bond donors (Lipinski definition) is 1. The first kappa shape index (κ1) is 12.3. The van der Waals surface area contributed by atoms with Crippen molar-refractivity contribution in [2.45, 2.75) is 39.0 Å². The van der Waals surface area contributed by atoms with Gasteiger partial charge in [0, 0.05) is 5.56 Å². The second-order valence-electron chi connectivity index (χ2n) is 5.57. The van der Waals surface area contributed by atoms with Gasteiger partial charge in [-0.15, -0.1) is 0 Å². The predicted molar refractivity (Wildman–Crippen MR) is 74.2 cm³/mol. The van der Waals surface area contributed by atoms with Crippen molar-refractivity contribution in [3.05, 3.63) is 53.5 Å². The third kappa shape index (κ3) is 2.26. The molecule has 3 rings (SSSR count). The molecule has 0 aliphatic carbocycles. The lowest BCUT2D eigenvalue weighted by Gasteiger charge is -2.27. The lowest BCUT2D eigenvalue weighted by atomic mass is 9.94. The van der Waals surface area contributed by atoms with Gasteiger partial charge >= 0.3 is 0 Å². The van der Waals surface area contributed by atoms with E-state index in [9.17, 15) is 0 Å². The highest BCUT2D eigenvalue weighted by molar-refractivity contribution is 5.42. The molecule has 0 amide bonds. The third-order valence-electron chi connectivity index (χ3n) is 3.57. The van der Waals surface area contributed by atoms with Crippen molar-refractivity contribution in [2.24, 2.45) is 0 Å². The number of hydrogen-bond acceptors (Lipinski definition) is 3. The SMILES string of the molecule is Cc1ccc(CNC2c3ccccc3OC2(C)C)o1. The maximum atomic E-state index is 6.01. The summed E-state index contributed by atoms with van der Waals surface area (Å²) in [5.74, 6) is 2.87. The summed E-state index contributed by atoms with van der Waals surface area (Å²) >= 11 is 0. The van der Waals surface area contributed by atoms with Crippen molar-refractivity contribution in [1.29, 1.82) is 0 Å². The molecule has 0 radical (unpaired) electrons. The van der Waals surface area contributed by atoms with Crippen LogP contribution in [0, 0.1) is 6.92 Å². The Morgan fingerprint density at radius 3 is 2.68 bits per heavy atom. The molecule has 1 N–H and O–H groups in total. The number of para-hydroxylation sites is 1. The molecule has 100 valence electrons. The van der Waals surface area contributed by atoms with Crippen LogP contribution in [0.5, 0.6) is 5.75 Å². The summed E-state index contributed by atoms with van der Waals surface area (Å²) in [4.78, 5) is 0. The first-order chi connectivity index (χ1) is 9.06. The van der Waals surface area contributed by atoms with Gasteiger partial charge < -0.3 is 9.15 Å². The summed E-state index contributed by atoms with van der Waals surface area (Å²) < 4.78 is 11.6. The number of nitrogens with one attached hydrogen (secondary N) is 1. The standard InChI is InChI=1S/C16H19NO2/c1-11-8-9-12(18-11)10-17-15-13-6-4-5-7-14(13)19-16(15,2)3/h4-9,15,17H,10H2,1-3H3. The van der Waals surface area contributed by atoms with Crippen LogP contribution in [0.1, 0.15) is 37.0 Å². The monoisotopic (exact) mass is 257 g/mol. The van der Waals surface area contributed by atoms with Gasteiger partial charge in [-0.3, -0.25) is 5.32 Å². The largest absolute Gasteiger partial charge is 0.486 e. The van der Waals surface area contributed by atoms with E-state index in [4.69, 9.17) is 9.15 Å². The number of fused-ring (bicyclic) bond motifs is 1. The Kier molecular flexibility index (Phi) is 2.86. The summed E-state index contributed by atoms with van der Waals surface area (Å²) in [5.41, 5.74) is 0.974. The summed E-state index contributed by atoms with van der Waals surface area (Å²) in [7, 11) is 0. The van der Waals surface area contributed by atoms with Gasteiger partial charge in [0.2, 0.25) is 0 Å². The normalized spacial score (nSPS) is 20.1. The Labute approximate surface area is 113 Å². The molecule has 0 saturated heterocycles. The Hall–Kier alpha value is -1.74. The van der Waals surface area contributed by atoms with Crippen LogP contribution in [0.4, 0.5) is 0 Å². The van der Waals surface area contributed by atoms with Gasteiger partial charge in [0.05, 0.1) is 12.6 Å². The Morgan fingerprint density at radius 1 is 1.16 bits per heavy atom. The van der Waals surface area contributed by atoms with E-state index in [1.54, 1.807) is 0 Å². The minimum absolute atomic E-state index is 0.175. The quantitative estimate of drug-likeness (QED) is 0.912. The molecule has 3 nitrogen and oxygen atoms in total. The van der Waals surface area contributed by atoms with Crippen LogP contribution < -0.4 is 10.1 Å². The highest BCUT2D eigenvalue weighted by atomic mass is 16.5. The number of ether oxygens (including phenoxy) is 1. The zero-order valence-electron chi connectivity index (χ0n) is 11.6. The smallest absolute Gasteiger partial charge is 0.125 e. The van der Waals surface area contributed by atoms with E-state index in [1.807, 2.05) is 31.2 Å². The van der Waals surface area contributed by atoms with Gasteiger partial charge in [0.1, 0.15) is 22.9 Å². The van der Waals surface area contributed by atoms with Gasteiger partial charge in [-0.1, -0.05) is 18.2 Å². The minimum atomic E-state index is -0.245. The summed E-state index contributed by atoms with van der Waals surface area (Å²) in [5, 5.41) is 3.54. The summed E-state index contributed by atoms with van der Waals surface area (Å²) in [6, 6.07) is 12.4. The van der Waals surface area contributed by atoms with E-state index >= 15 is 0 Å². The molecule has 1 aromatic carbocycles. The molecular weight excluding hydrogens is 238 g/mol. The van der Waals surface area contributed by atoms with Crippen LogP contribution in [0.2, 0.25) is 0 Å². The average Bonchev–Trinajstić information content (AvgIpc) is 2.87. The Bertz CT molecular complexity index is 586. The van der Waals surface area contributed by atoms with E-state index in [1.165, 1.54) is 5.56 Å². The molecule has 1 aliphatic heterocycles. The fourth-order valence-electron chi connectivity index (χ4n) is 2.67. The van der Waals surface area contributed by atoms with E-state index < -0.39 is 0 Å². The Morgan fingerprint density at radius 2 is 1.95 bits per heavy atom. The first-order valence-corrected chi connectivity index (χ1v) is 6.63. The van der Waals surface area contributed by atoms with Crippen molar-refractivity contribution in [3.8, 4) is 5.75 Å². The van der Waals surface area contributed by atoms with Crippen LogP contribution in [0.3, 0.4) is 0 Å². The molecule has 0 saturated carbocycles. The second-order valence-corrected chi connectivity index (χ2v) is 5.57. The molecule has 2 aromatic rings. The molecule has 0 bridgehead atoms. The molecule has 1 aliphatic rings. The highest BCUT2D eigenvalue weighted by Gasteiger charge is 2.40. The second kappa shape index (κ2) is 4.42. The number of furan rings is 1. The van der Waals surface area contributed by atoms with Crippen LogP contribution in [0.25, 0.3) is 0 Å². The zero-order chi connectivity index (χ0) is 13.5. The summed E-state index contributed by atoms with van der Waals surface area (Å²) in [6.07, 6.45) is 0. The fraction of sp³-hybridized carbons (Fsp3) is 0.375. The minimum Gasteiger partial charge on any atom is -0.486 e. The maximum absolute atomic E-state index is 6.01. The van der Waals surface area contributed by atoms with E-state index in [2.05, 4.69) is 31.3 Å². The third-order valence-corrected chi connectivity index (χ3v) is 3.57. The molecule has 1 unspecified atom stereocenters. The Balaban J connectivity index is 1.79. The summed E-state index contributed by atoms with van der Waals surface area (Å²) in [6.45, 7) is 6.89. The van der Waals surface area contributed by atoms with E-state index in [0.29, 0.717) is 6.54 Å². The molecule has 1 atom stereocenters. The van der Waals surface area contributed by atoms with Crippen molar-refractivity contribution < 1.29 is 9.15 Å². The van der Waals surface area contributed by atoms with Gasteiger partial charge in [-0.2, -0.15) is 0 Å². The van der Waals surface area contributed by atoms with E-state index in [0.717, 1.165) is 17.3 Å². The molecule has 3 heteroatoms. The van der Waals surface area contributed by atoms with Crippen LogP contribution in [0.15, 0.2) is 40.8 Å². The molecule has 19 heavy (non-hydrogen) atoms. The molecule has 0 spiro atoms. The van der Waals surface area contributed by atoms with Gasteiger partial charge in [0.15, 0.2) is 0 Å². The van der Waals surface area contributed by atoms with Gasteiger partial charge in [-0.05, 0) is 39.0 Å².